The Balaban J connectivity index is 1.74. The van der Waals surface area contributed by atoms with Crippen LogP contribution < -0.4 is 5.56 Å². The predicted molar refractivity (Wildman–Crippen MR) is 79.9 cm³/mol. The molecule has 0 bridgehead atoms. The largest absolute Gasteiger partial charge is 0.438 e. The number of nitrogens with zero attached hydrogens (tertiary/aromatic N) is 4. The van der Waals surface area contributed by atoms with Gasteiger partial charge in [0.2, 0.25) is 11.5 Å². The first-order valence-corrected chi connectivity index (χ1v) is 7.50. The Morgan fingerprint density at radius 3 is 3.13 bits per heavy atom. The summed E-state index contributed by atoms with van der Waals surface area (Å²) >= 11 is 0. The van der Waals surface area contributed by atoms with Gasteiger partial charge in [0, 0.05) is 30.7 Å². The van der Waals surface area contributed by atoms with Gasteiger partial charge in [-0.1, -0.05) is 0 Å². The van der Waals surface area contributed by atoms with Crippen LogP contribution in [0.15, 0.2) is 40.3 Å². The second-order valence-electron chi connectivity index (χ2n) is 5.56. The van der Waals surface area contributed by atoms with Crippen LogP contribution in [-0.4, -0.2) is 36.7 Å². The van der Waals surface area contributed by atoms with Gasteiger partial charge in [-0.2, -0.15) is 0 Å². The lowest BCUT2D eigenvalue weighted by atomic mass is 9.98. The van der Waals surface area contributed by atoms with E-state index in [0.717, 1.165) is 19.3 Å². The Kier molecular flexibility index (Phi) is 3.22. The Labute approximate surface area is 130 Å². The van der Waals surface area contributed by atoms with Gasteiger partial charge in [-0.3, -0.25) is 14.0 Å². The molecule has 1 fully saturated rings. The van der Waals surface area contributed by atoms with E-state index in [1.165, 1.54) is 23.1 Å². The highest BCUT2D eigenvalue weighted by Crippen LogP contribution is 2.30. The van der Waals surface area contributed by atoms with E-state index in [0.29, 0.717) is 18.0 Å². The van der Waals surface area contributed by atoms with Gasteiger partial charge in [-0.25, -0.2) is 9.97 Å². The fourth-order valence-corrected chi connectivity index (χ4v) is 3.08. The van der Waals surface area contributed by atoms with Crippen LogP contribution in [0.5, 0.6) is 0 Å². The number of carbonyl (C=O) groups is 1. The van der Waals surface area contributed by atoms with Crippen molar-refractivity contribution < 1.29 is 9.21 Å². The van der Waals surface area contributed by atoms with E-state index in [1.54, 1.807) is 17.3 Å². The summed E-state index contributed by atoms with van der Waals surface area (Å²) < 4.78 is 6.56. The molecular weight excluding hydrogens is 298 g/mol. The SMILES string of the molecule is O=C(c1cnco1)N1CCCC[C@H]1c1cc(=O)n2ccnc2[nH]1. The lowest BCUT2D eigenvalue weighted by Crippen LogP contribution is -2.39. The molecule has 1 atom stereocenters. The molecule has 0 aliphatic carbocycles. The van der Waals surface area contributed by atoms with Crippen LogP contribution in [0.4, 0.5) is 0 Å². The summed E-state index contributed by atoms with van der Waals surface area (Å²) in [5.74, 6) is 0.475. The molecule has 8 nitrogen and oxygen atoms in total. The molecule has 1 saturated heterocycles. The topological polar surface area (TPSA) is 96.5 Å². The van der Waals surface area contributed by atoms with Gasteiger partial charge in [0.15, 0.2) is 6.39 Å². The first-order chi connectivity index (χ1) is 11.2. The molecule has 0 spiro atoms. The molecule has 1 N–H and O–H groups in total. The summed E-state index contributed by atoms with van der Waals surface area (Å²) in [5.41, 5.74) is 0.533. The molecule has 1 aliphatic rings. The van der Waals surface area contributed by atoms with Crippen molar-refractivity contribution in [2.24, 2.45) is 0 Å². The summed E-state index contributed by atoms with van der Waals surface area (Å²) in [4.78, 5) is 37.6. The van der Waals surface area contributed by atoms with E-state index in [9.17, 15) is 9.59 Å². The van der Waals surface area contributed by atoms with E-state index in [2.05, 4.69) is 15.0 Å². The third-order valence-electron chi connectivity index (χ3n) is 4.18. The molecule has 1 aliphatic heterocycles. The molecule has 0 radical (unpaired) electrons. The van der Waals surface area contributed by atoms with Crippen molar-refractivity contribution in [3.05, 3.63) is 52.9 Å². The van der Waals surface area contributed by atoms with Crippen molar-refractivity contribution >= 4 is 11.7 Å². The van der Waals surface area contributed by atoms with Crippen LogP contribution in [0.25, 0.3) is 5.78 Å². The third-order valence-corrected chi connectivity index (χ3v) is 4.18. The number of aromatic nitrogens is 4. The molecule has 4 rings (SSSR count). The number of imidazole rings is 1. The van der Waals surface area contributed by atoms with Crippen molar-refractivity contribution in [1.82, 2.24) is 24.3 Å². The zero-order valence-corrected chi connectivity index (χ0v) is 12.3. The maximum absolute atomic E-state index is 12.6. The maximum Gasteiger partial charge on any atom is 0.291 e. The number of fused-ring (bicyclic) bond motifs is 1. The predicted octanol–water partition coefficient (Wildman–Crippen LogP) is 1.38. The number of hydrogen-bond acceptors (Lipinski definition) is 5. The Bertz CT molecular complexity index is 895. The van der Waals surface area contributed by atoms with E-state index < -0.39 is 0 Å². The second-order valence-corrected chi connectivity index (χ2v) is 5.56. The summed E-state index contributed by atoms with van der Waals surface area (Å²) in [6.07, 6.45) is 8.52. The van der Waals surface area contributed by atoms with Gasteiger partial charge in [-0.15, -0.1) is 0 Å². The fourth-order valence-electron chi connectivity index (χ4n) is 3.08. The van der Waals surface area contributed by atoms with Crippen molar-refractivity contribution in [2.45, 2.75) is 25.3 Å². The molecule has 0 saturated carbocycles. The minimum absolute atomic E-state index is 0.163. The molecule has 8 heteroatoms. The van der Waals surface area contributed by atoms with Crippen molar-refractivity contribution in [3.63, 3.8) is 0 Å². The Morgan fingerprint density at radius 2 is 2.30 bits per heavy atom. The lowest BCUT2D eigenvalue weighted by molar-refractivity contribution is 0.0573. The summed E-state index contributed by atoms with van der Waals surface area (Å²) in [6, 6.07) is 1.33. The molecule has 23 heavy (non-hydrogen) atoms. The molecule has 3 aromatic heterocycles. The fraction of sp³-hybridized carbons (Fsp3) is 0.333. The first kappa shape index (κ1) is 13.7. The number of carbonyl (C=O) groups excluding carboxylic acids is 1. The number of piperidine rings is 1. The van der Waals surface area contributed by atoms with Crippen molar-refractivity contribution in [3.8, 4) is 0 Å². The molecule has 1 amide bonds. The highest BCUT2D eigenvalue weighted by atomic mass is 16.3. The average Bonchev–Trinajstić information content (AvgIpc) is 3.25. The minimum atomic E-state index is -0.212. The number of H-pyrrole nitrogens is 1. The lowest BCUT2D eigenvalue weighted by Gasteiger charge is -2.35. The highest BCUT2D eigenvalue weighted by Gasteiger charge is 2.31. The van der Waals surface area contributed by atoms with E-state index in [1.807, 2.05) is 0 Å². The summed E-state index contributed by atoms with van der Waals surface area (Å²) in [7, 11) is 0. The van der Waals surface area contributed by atoms with Gasteiger partial charge in [0.1, 0.15) is 0 Å². The van der Waals surface area contributed by atoms with Crippen LogP contribution >= 0.6 is 0 Å². The zero-order valence-electron chi connectivity index (χ0n) is 12.3. The van der Waals surface area contributed by atoms with Crippen molar-refractivity contribution in [1.29, 1.82) is 0 Å². The Morgan fingerprint density at radius 1 is 1.39 bits per heavy atom. The van der Waals surface area contributed by atoms with Gasteiger partial charge >= 0.3 is 0 Å². The number of rotatable bonds is 2. The van der Waals surface area contributed by atoms with E-state index >= 15 is 0 Å². The molecule has 4 heterocycles. The molecular formula is C15H15N5O3. The van der Waals surface area contributed by atoms with Crippen LogP contribution in [-0.2, 0) is 0 Å². The van der Waals surface area contributed by atoms with E-state index in [-0.39, 0.29) is 23.3 Å². The second kappa shape index (κ2) is 5.38. The molecule has 0 aromatic carbocycles. The third kappa shape index (κ3) is 2.32. The summed E-state index contributed by atoms with van der Waals surface area (Å²) in [6.45, 7) is 0.617. The average molecular weight is 313 g/mol. The van der Waals surface area contributed by atoms with Crippen LogP contribution in [0.1, 0.15) is 41.6 Å². The highest BCUT2D eigenvalue weighted by molar-refractivity contribution is 5.91. The van der Waals surface area contributed by atoms with E-state index in [4.69, 9.17) is 4.42 Å². The van der Waals surface area contributed by atoms with Gasteiger partial charge < -0.3 is 14.3 Å². The van der Waals surface area contributed by atoms with Crippen LogP contribution in [0.2, 0.25) is 0 Å². The number of oxazole rings is 1. The zero-order chi connectivity index (χ0) is 15.8. The standard InChI is InChI=1S/C15H15N5O3/c21-13-7-10(18-15-17-4-6-20(13)15)11-3-1-2-5-19(11)14(22)12-8-16-9-23-12/h4,6-9,11H,1-3,5H2,(H,17,18)/t11-/m0/s1. The number of likely N-dealkylation sites (tertiary alicyclic amines) is 1. The number of aromatic amines is 1. The van der Waals surface area contributed by atoms with Crippen LogP contribution in [0, 0.1) is 0 Å². The molecule has 118 valence electrons. The van der Waals surface area contributed by atoms with Crippen LogP contribution in [0.3, 0.4) is 0 Å². The van der Waals surface area contributed by atoms with Gasteiger partial charge in [-0.05, 0) is 19.3 Å². The quantitative estimate of drug-likeness (QED) is 0.771. The number of hydrogen-bond donors (Lipinski definition) is 1. The van der Waals surface area contributed by atoms with Gasteiger partial charge in [0.25, 0.3) is 11.5 Å². The smallest absolute Gasteiger partial charge is 0.291 e. The number of nitrogens with one attached hydrogen (secondary N) is 1. The van der Waals surface area contributed by atoms with Gasteiger partial charge in [0.05, 0.1) is 12.2 Å². The Hall–Kier alpha value is -2.90. The maximum atomic E-state index is 12.6. The summed E-state index contributed by atoms with van der Waals surface area (Å²) in [5, 5.41) is 0. The number of amides is 1. The minimum Gasteiger partial charge on any atom is -0.438 e. The molecule has 0 unspecified atom stereocenters. The molecule has 3 aromatic rings. The normalized spacial score (nSPS) is 18.4. The first-order valence-electron chi connectivity index (χ1n) is 7.50. The monoisotopic (exact) mass is 313 g/mol. The van der Waals surface area contributed by atoms with Crippen molar-refractivity contribution in [2.75, 3.05) is 6.54 Å².